The Labute approximate surface area is 129 Å². The normalized spacial score (nSPS) is 32.8. The van der Waals surface area contributed by atoms with Crippen molar-refractivity contribution in [1.29, 1.82) is 0 Å². The first-order valence-electron chi connectivity index (χ1n) is 8.19. The second-order valence-corrected chi connectivity index (χ2v) is 6.52. The Balaban J connectivity index is 1.76. The highest BCUT2D eigenvalue weighted by Gasteiger charge is 2.54. The molecule has 1 N–H and O–H groups in total. The predicted octanol–water partition coefficient (Wildman–Crippen LogP) is 1.15. The average Bonchev–Trinajstić information content (AvgIpc) is 2.98. The summed E-state index contributed by atoms with van der Waals surface area (Å²) in [6.45, 7) is 4.17. The van der Waals surface area contributed by atoms with Crippen LogP contribution >= 0.6 is 0 Å². The first-order chi connectivity index (χ1) is 10.7. The van der Waals surface area contributed by atoms with E-state index in [1.165, 1.54) is 35.6 Å². The molecule has 0 saturated carbocycles. The van der Waals surface area contributed by atoms with E-state index in [1.807, 2.05) is 6.92 Å². The number of rotatable bonds is 2. The molecule has 5 heteroatoms. The van der Waals surface area contributed by atoms with E-state index in [0.717, 1.165) is 18.7 Å². The largest absolute Gasteiger partial charge is 0.326 e. The summed E-state index contributed by atoms with van der Waals surface area (Å²) in [4.78, 5) is 13.9. The van der Waals surface area contributed by atoms with Crippen LogP contribution in [0.2, 0.25) is 0 Å². The van der Waals surface area contributed by atoms with Gasteiger partial charge < -0.3 is 4.90 Å². The van der Waals surface area contributed by atoms with Gasteiger partial charge in [0.1, 0.15) is 17.6 Å². The first kappa shape index (κ1) is 13.9. The molecule has 2 bridgehead atoms. The van der Waals surface area contributed by atoms with Crippen LogP contribution in [0.15, 0.2) is 29.4 Å². The van der Waals surface area contributed by atoms with E-state index in [0.29, 0.717) is 12.3 Å². The number of quaternary nitrogens is 1. The van der Waals surface area contributed by atoms with E-state index >= 15 is 0 Å². The molecule has 1 aromatic rings. The van der Waals surface area contributed by atoms with Crippen LogP contribution in [-0.4, -0.2) is 35.8 Å². The van der Waals surface area contributed by atoms with Crippen LogP contribution in [0.25, 0.3) is 0 Å². The van der Waals surface area contributed by atoms with Crippen molar-refractivity contribution in [3.05, 3.63) is 35.6 Å². The Hall–Kier alpha value is -1.75. The Kier molecular flexibility index (Phi) is 3.26. The lowest BCUT2D eigenvalue weighted by Crippen LogP contribution is -3.20. The van der Waals surface area contributed by atoms with Gasteiger partial charge in [-0.1, -0.05) is 19.1 Å². The van der Waals surface area contributed by atoms with E-state index < -0.39 is 0 Å². The van der Waals surface area contributed by atoms with Crippen molar-refractivity contribution >= 4 is 11.6 Å². The maximum atomic E-state index is 13.3. The van der Waals surface area contributed by atoms with Crippen molar-refractivity contribution in [2.45, 2.75) is 38.3 Å². The van der Waals surface area contributed by atoms with Gasteiger partial charge in [0.05, 0.1) is 13.1 Å². The van der Waals surface area contributed by atoms with Gasteiger partial charge in [-0.25, -0.2) is 9.40 Å². The number of carbonyl (C=O) groups excluding carboxylic acids is 1. The predicted molar refractivity (Wildman–Crippen MR) is 80.9 cm³/mol. The lowest BCUT2D eigenvalue weighted by Gasteiger charge is -2.42. The second-order valence-electron chi connectivity index (χ2n) is 6.52. The van der Waals surface area contributed by atoms with Crippen molar-refractivity contribution in [3.8, 4) is 0 Å². The zero-order valence-corrected chi connectivity index (χ0v) is 12.8. The van der Waals surface area contributed by atoms with E-state index in [2.05, 4.69) is 0 Å². The number of halogens is 1. The highest BCUT2D eigenvalue weighted by atomic mass is 19.1. The average molecular weight is 302 g/mol. The second kappa shape index (κ2) is 5.16. The molecule has 4 nitrogen and oxygen atoms in total. The zero-order chi connectivity index (χ0) is 15.3. The van der Waals surface area contributed by atoms with Gasteiger partial charge in [-0.3, -0.25) is 4.79 Å². The molecule has 0 aliphatic carbocycles. The summed E-state index contributed by atoms with van der Waals surface area (Å²) < 4.78 is 13.3. The van der Waals surface area contributed by atoms with Gasteiger partial charge in [-0.05, 0) is 17.7 Å². The topological polar surface area (TPSA) is 37.1 Å². The number of nitrogens with one attached hydrogen (secondary N) is 1. The maximum absolute atomic E-state index is 13.3. The van der Waals surface area contributed by atoms with Crippen molar-refractivity contribution in [2.75, 3.05) is 13.1 Å². The molecule has 0 spiro atoms. The number of amides is 1. The van der Waals surface area contributed by atoms with Crippen LogP contribution in [0, 0.1) is 11.7 Å². The minimum atomic E-state index is -0.242. The number of fused-ring (bicyclic) bond motifs is 2. The fourth-order valence-corrected chi connectivity index (χ4v) is 4.28. The number of nitrogens with zero attached hydrogens (tertiary/aromatic N) is 2. The number of hydrogen-bond donors (Lipinski definition) is 1. The van der Waals surface area contributed by atoms with E-state index in [9.17, 15) is 9.18 Å². The minimum absolute atomic E-state index is 0.0521. The Morgan fingerprint density at radius 3 is 2.64 bits per heavy atom. The lowest BCUT2D eigenvalue weighted by molar-refractivity contribution is -0.927. The van der Waals surface area contributed by atoms with Crippen LogP contribution in [-0.2, 0) is 4.79 Å². The van der Waals surface area contributed by atoms with Gasteiger partial charge in [0.15, 0.2) is 6.04 Å². The standard InChI is InChI=1S/C17H20FN3O/c1-2-14(22)21-16(12-3-5-13(18)6-4-12)17-15(19-21)11-7-9-20(17)10-8-11/h3-6,11,16-17H,2,7-10H2,1H3/p+1/t16-,17+/m1/s1. The molecule has 5 rings (SSSR count). The number of carbonyl (C=O) groups is 1. The van der Waals surface area contributed by atoms with Gasteiger partial charge in [0.2, 0.25) is 5.91 Å². The monoisotopic (exact) mass is 302 g/mol. The fourth-order valence-electron chi connectivity index (χ4n) is 4.28. The van der Waals surface area contributed by atoms with Crippen molar-refractivity contribution in [2.24, 2.45) is 11.0 Å². The molecule has 3 fully saturated rings. The van der Waals surface area contributed by atoms with Crippen molar-refractivity contribution < 1.29 is 14.1 Å². The molecule has 0 aromatic heterocycles. The zero-order valence-electron chi connectivity index (χ0n) is 12.8. The summed E-state index contributed by atoms with van der Waals surface area (Å²) in [7, 11) is 0. The molecular formula is C17H21FN3O+. The van der Waals surface area contributed by atoms with Crippen LogP contribution in [0.1, 0.15) is 37.8 Å². The Bertz CT molecular complexity index is 619. The molecule has 4 heterocycles. The summed E-state index contributed by atoms with van der Waals surface area (Å²) in [6, 6.07) is 6.75. The van der Waals surface area contributed by atoms with Gasteiger partial charge in [-0.2, -0.15) is 5.10 Å². The molecule has 22 heavy (non-hydrogen) atoms. The number of benzene rings is 1. The van der Waals surface area contributed by atoms with Gasteiger partial charge in [0.25, 0.3) is 0 Å². The molecule has 4 aliphatic rings. The summed E-state index contributed by atoms with van der Waals surface area (Å²) in [5.74, 6) is 0.338. The van der Waals surface area contributed by atoms with Gasteiger partial charge >= 0.3 is 0 Å². The summed E-state index contributed by atoms with van der Waals surface area (Å²) in [6.07, 6.45) is 2.80. The quantitative estimate of drug-likeness (QED) is 0.874. The van der Waals surface area contributed by atoms with E-state index in [1.54, 1.807) is 17.1 Å². The Morgan fingerprint density at radius 1 is 1.32 bits per heavy atom. The number of hydrogen-bond acceptors (Lipinski definition) is 2. The van der Waals surface area contributed by atoms with Crippen LogP contribution in [0.4, 0.5) is 4.39 Å². The highest BCUT2D eigenvalue weighted by molar-refractivity contribution is 5.96. The molecule has 1 aromatic carbocycles. The smallest absolute Gasteiger partial charge is 0.243 e. The number of hydrazone groups is 1. The number of piperidine rings is 3. The molecule has 0 radical (unpaired) electrons. The van der Waals surface area contributed by atoms with Crippen LogP contribution in [0.5, 0.6) is 0 Å². The summed E-state index contributed by atoms with van der Waals surface area (Å²) in [5.41, 5.74) is 2.19. The van der Waals surface area contributed by atoms with Gasteiger partial charge in [-0.15, -0.1) is 0 Å². The maximum Gasteiger partial charge on any atom is 0.243 e. The fraction of sp³-hybridized carbons (Fsp3) is 0.529. The molecule has 1 amide bonds. The van der Waals surface area contributed by atoms with E-state index in [-0.39, 0.29) is 23.8 Å². The molecule has 2 atom stereocenters. The molecule has 3 saturated heterocycles. The summed E-state index contributed by atoms with van der Waals surface area (Å²) >= 11 is 0. The van der Waals surface area contributed by atoms with Crippen LogP contribution in [0.3, 0.4) is 0 Å². The van der Waals surface area contributed by atoms with Crippen molar-refractivity contribution in [1.82, 2.24) is 5.01 Å². The molecular weight excluding hydrogens is 281 g/mol. The first-order valence-corrected chi connectivity index (χ1v) is 8.19. The third-order valence-electron chi connectivity index (χ3n) is 5.38. The SMILES string of the molecule is CCC(=O)N1N=C2C3CC[NH+](CC3)[C@@H]2[C@H]1c1ccc(F)cc1. The molecule has 116 valence electrons. The van der Waals surface area contributed by atoms with Gasteiger partial charge in [0, 0.05) is 25.2 Å². The highest BCUT2D eigenvalue weighted by Crippen LogP contribution is 2.36. The summed E-state index contributed by atoms with van der Waals surface area (Å²) in [5, 5.41) is 6.41. The lowest BCUT2D eigenvalue weighted by atomic mass is 9.78. The third kappa shape index (κ3) is 1.99. The Morgan fingerprint density at radius 2 is 2.00 bits per heavy atom. The van der Waals surface area contributed by atoms with E-state index in [4.69, 9.17) is 5.10 Å². The molecule has 0 unspecified atom stereocenters. The van der Waals surface area contributed by atoms with Crippen molar-refractivity contribution in [3.63, 3.8) is 0 Å². The molecule has 4 aliphatic heterocycles. The third-order valence-corrected chi connectivity index (χ3v) is 5.38. The van der Waals surface area contributed by atoms with Crippen LogP contribution < -0.4 is 4.90 Å². The minimum Gasteiger partial charge on any atom is -0.326 e.